The topological polar surface area (TPSA) is 26.0 Å². The molecule has 2 N–H and O–H groups in total. The predicted octanol–water partition coefficient (Wildman–Crippen LogP) is 4.14. The van der Waals surface area contributed by atoms with E-state index in [9.17, 15) is 0 Å². The average Bonchev–Trinajstić information content (AvgIpc) is 2.47. The van der Waals surface area contributed by atoms with E-state index in [2.05, 4.69) is 44.0 Å². The van der Waals surface area contributed by atoms with E-state index in [4.69, 9.17) is 5.73 Å². The summed E-state index contributed by atoms with van der Waals surface area (Å²) in [7, 11) is 0. The third-order valence-electron chi connectivity index (χ3n) is 1.79. The summed E-state index contributed by atoms with van der Waals surface area (Å²) in [4.78, 5) is 1.31. The first-order valence-electron chi connectivity index (χ1n) is 3.74. The second-order valence-corrected chi connectivity index (χ2v) is 5.37. The summed E-state index contributed by atoms with van der Waals surface area (Å²) in [5, 5.41) is 2.11. The van der Waals surface area contributed by atoms with Gasteiger partial charge < -0.3 is 5.73 Å². The van der Waals surface area contributed by atoms with Crippen LogP contribution in [0.25, 0.3) is 10.1 Å². The number of fused-ring (bicyclic) bond motifs is 1. The van der Waals surface area contributed by atoms with Gasteiger partial charge >= 0.3 is 0 Å². The summed E-state index contributed by atoms with van der Waals surface area (Å²) in [6.45, 7) is 0. The van der Waals surface area contributed by atoms with Crippen molar-refractivity contribution in [3.8, 4) is 0 Å². The Balaban J connectivity index is 2.75. The lowest BCUT2D eigenvalue weighted by atomic mass is 10.2. The SMILES string of the molecule is Nc1cc(Br)cc2cc(CBr)sc12. The lowest BCUT2D eigenvalue weighted by Crippen LogP contribution is -1.83. The Bertz CT molecular complexity index is 450. The van der Waals surface area contributed by atoms with E-state index in [0.717, 1.165) is 15.5 Å². The van der Waals surface area contributed by atoms with E-state index in [-0.39, 0.29) is 0 Å². The zero-order valence-corrected chi connectivity index (χ0v) is 10.7. The van der Waals surface area contributed by atoms with Gasteiger partial charge in [-0.15, -0.1) is 11.3 Å². The molecule has 0 saturated carbocycles. The van der Waals surface area contributed by atoms with E-state index in [1.807, 2.05) is 6.07 Å². The van der Waals surface area contributed by atoms with Gasteiger partial charge in [0.15, 0.2) is 0 Å². The molecule has 1 nitrogen and oxygen atoms in total. The molecule has 0 atom stereocenters. The van der Waals surface area contributed by atoms with Crippen LogP contribution >= 0.6 is 43.2 Å². The summed E-state index contributed by atoms with van der Waals surface area (Å²) >= 11 is 8.60. The fourth-order valence-corrected chi connectivity index (χ4v) is 3.18. The van der Waals surface area contributed by atoms with Gasteiger partial charge in [-0.1, -0.05) is 31.9 Å². The summed E-state index contributed by atoms with van der Waals surface area (Å²) < 4.78 is 2.22. The van der Waals surface area contributed by atoms with Crippen LogP contribution in [0.1, 0.15) is 4.88 Å². The van der Waals surface area contributed by atoms with Gasteiger partial charge in [-0.2, -0.15) is 0 Å². The van der Waals surface area contributed by atoms with Crippen LogP contribution in [0.2, 0.25) is 0 Å². The number of thiophene rings is 1. The number of anilines is 1. The third-order valence-corrected chi connectivity index (χ3v) is 4.43. The molecule has 2 rings (SSSR count). The Kier molecular flexibility index (Phi) is 2.62. The monoisotopic (exact) mass is 319 g/mol. The lowest BCUT2D eigenvalue weighted by molar-refractivity contribution is 1.59. The molecule has 0 unspecified atom stereocenters. The predicted molar refractivity (Wildman–Crippen MR) is 66.6 cm³/mol. The maximum atomic E-state index is 5.89. The van der Waals surface area contributed by atoms with Crippen LogP contribution in [0.3, 0.4) is 0 Å². The molecule has 0 radical (unpaired) electrons. The molecular formula is C9H7Br2NS. The zero-order valence-electron chi connectivity index (χ0n) is 6.68. The van der Waals surface area contributed by atoms with Gasteiger partial charge in [0.2, 0.25) is 0 Å². The molecule has 2 aromatic rings. The maximum Gasteiger partial charge on any atom is 0.0576 e. The number of rotatable bonds is 1. The Hall–Kier alpha value is -0.0600. The van der Waals surface area contributed by atoms with Crippen molar-refractivity contribution in [2.24, 2.45) is 0 Å². The first-order valence-corrected chi connectivity index (χ1v) is 6.47. The van der Waals surface area contributed by atoms with Crippen LogP contribution in [-0.4, -0.2) is 0 Å². The van der Waals surface area contributed by atoms with E-state index < -0.39 is 0 Å². The number of halogens is 2. The van der Waals surface area contributed by atoms with E-state index in [1.165, 1.54) is 15.0 Å². The standard InChI is InChI=1S/C9H7Br2NS/c10-4-7-2-5-1-6(11)3-8(12)9(5)13-7/h1-3H,4,12H2. The molecule has 4 heteroatoms. The minimum absolute atomic E-state index is 0.849. The Morgan fingerprint density at radius 3 is 2.77 bits per heavy atom. The van der Waals surface area contributed by atoms with Gasteiger partial charge in [-0.25, -0.2) is 0 Å². The van der Waals surface area contributed by atoms with Gasteiger partial charge in [-0.05, 0) is 23.6 Å². The molecule has 0 bridgehead atoms. The third kappa shape index (κ3) is 1.75. The number of hydrogen-bond donors (Lipinski definition) is 1. The number of hydrogen-bond acceptors (Lipinski definition) is 2. The summed E-state index contributed by atoms with van der Waals surface area (Å²) in [6, 6.07) is 6.20. The summed E-state index contributed by atoms with van der Waals surface area (Å²) in [5.74, 6) is 0. The highest BCUT2D eigenvalue weighted by molar-refractivity contribution is 9.10. The van der Waals surface area contributed by atoms with Crippen molar-refractivity contribution in [3.05, 3.63) is 27.5 Å². The van der Waals surface area contributed by atoms with E-state index >= 15 is 0 Å². The minimum Gasteiger partial charge on any atom is -0.398 e. The van der Waals surface area contributed by atoms with Gasteiger partial charge in [0.25, 0.3) is 0 Å². The maximum absolute atomic E-state index is 5.89. The smallest absolute Gasteiger partial charge is 0.0576 e. The lowest BCUT2D eigenvalue weighted by Gasteiger charge is -1.96. The van der Waals surface area contributed by atoms with E-state index in [0.29, 0.717) is 0 Å². The second kappa shape index (κ2) is 3.59. The fraction of sp³-hybridized carbons (Fsp3) is 0.111. The number of nitrogens with two attached hydrogens (primary N) is 1. The van der Waals surface area contributed by atoms with Gasteiger partial charge in [-0.3, -0.25) is 0 Å². The molecule has 0 aliphatic heterocycles. The zero-order chi connectivity index (χ0) is 9.42. The fourth-order valence-electron chi connectivity index (χ4n) is 1.26. The molecule has 1 heterocycles. The molecular weight excluding hydrogens is 314 g/mol. The Morgan fingerprint density at radius 1 is 1.31 bits per heavy atom. The van der Waals surface area contributed by atoms with Crippen LogP contribution in [0.4, 0.5) is 5.69 Å². The highest BCUT2D eigenvalue weighted by Gasteiger charge is 2.04. The summed E-state index contributed by atoms with van der Waals surface area (Å²) in [5.41, 5.74) is 6.74. The molecule has 13 heavy (non-hydrogen) atoms. The Labute approximate surface area is 97.2 Å². The van der Waals surface area contributed by atoms with Gasteiger partial charge in [0.1, 0.15) is 0 Å². The molecule has 68 valence electrons. The van der Waals surface area contributed by atoms with Crippen molar-refractivity contribution in [1.29, 1.82) is 0 Å². The molecule has 0 fully saturated rings. The van der Waals surface area contributed by atoms with Crippen molar-refractivity contribution < 1.29 is 0 Å². The molecule has 1 aromatic heterocycles. The van der Waals surface area contributed by atoms with Crippen molar-refractivity contribution in [3.63, 3.8) is 0 Å². The van der Waals surface area contributed by atoms with Crippen molar-refractivity contribution in [2.75, 3.05) is 5.73 Å². The van der Waals surface area contributed by atoms with Crippen LogP contribution < -0.4 is 5.73 Å². The minimum atomic E-state index is 0.849. The number of alkyl halides is 1. The van der Waals surface area contributed by atoms with Crippen LogP contribution in [-0.2, 0) is 5.33 Å². The molecule has 1 aromatic carbocycles. The number of benzene rings is 1. The van der Waals surface area contributed by atoms with Crippen LogP contribution in [0.5, 0.6) is 0 Å². The largest absolute Gasteiger partial charge is 0.398 e. The molecule has 0 aliphatic carbocycles. The van der Waals surface area contributed by atoms with Crippen molar-refractivity contribution in [1.82, 2.24) is 0 Å². The highest BCUT2D eigenvalue weighted by atomic mass is 79.9. The van der Waals surface area contributed by atoms with Crippen molar-refractivity contribution in [2.45, 2.75) is 5.33 Å². The molecule has 0 amide bonds. The second-order valence-electron chi connectivity index (χ2n) is 2.76. The quantitative estimate of drug-likeness (QED) is 0.620. The van der Waals surface area contributed by atoms with Crippen LogP contribution in [0, 0.1) is 0 Å². The van der Waals surface area contributed by atoms with Crippen molar-refractivity contribution >= 4 is 59.0 Å². The Morgan fingerprint density at radius 2 is 2.08 bits per heavy atom. The molecule has 0 aliphatic rings. The highest BCUT2D eigenvalue weighted by Crippen LogP contribution is 2.34. The first kappa shape index (κ1) is 9.49. The molecule has 0 saturated heterocycles. The van der Waals surface area contributed by atoms with E-state index in [1.54, 1.807) is 11.3 Å². The first-order chi connectivity index (χ1) is 6.20. The number of nitrogen functional groups attached to an aromatic ring is 1. The molecule has 0 spiro atoms. The van der Waals surface area contributed by atoms with Gasteiger partial charge in [0.05, 0.1) is 10.4 Å². The van der Waals surface area contributed by atoms with Crippen LogP contribution in [0.15, 0.2) is 22.7 Å². The van der Waals surface area contributed by atoms with Gasteiger partial charge in [0, 0.05) is 14.7 Å². The average molecular weight is 321 g/mol. The summed E-state index contributed by atoms with van der Waals surface area (Å²) in [6.07, 6.45) is 0. The normalized spacial score (nSPS) is 10.9.